The van der Waals surface area contributed by atoms with Crippen LogP contribution in [0.5, 0.6) is 0 Å². The molecule has 2 heterocycles. The van der Waals surface area contributed by atoms with Crippen molar-refractivity contribution in [2.45, 2.75) is 58.2 Å². The Kier molecular flexibility index (Phi) is 3.64. The highest BCUT2D eigenvalue weighted by molar-refractivity contribution is 4.85. The smallest absolute Gasteiger partial charge is 0.243 e. The predicted octanol–water partition coefficient (Wildman–Crippen LogP) is 1.72. The number of unbranched alkanes of at least 4 members (excludes halogenated alkanes) is 1. The molecule has 16 heavy (non-hydrogen) atoms. The molecular formula is C13H24N3+. The van der Waals surface area contributed by atoms with E-state index in [4.69, 9.17) is 0 Å². The number of nitrogens with zero attached hydrogens (tertiary/aromatic N) is 2. The van der Waals surface area contributed by atoms with Crippen LogP contribution in [-0.4, -0.2) is 16.7 Å². The van der Waals surface area contributed by atoms with Crippen LogP contribution in [0.4, 0.5) is 0 Å². The first kappa shape index (κ1) is 11.6. The first-order valence-corrected chi connectivity index (χ1v) is 6.52. The molecule has 3 nitrogen and oxygen atoms in total. The zero-order valence-corrected chi connectivity index (χ0v) is 10.6. The van der Waals surface area contributed by atoms with Crippen molar-refractivity contribution >= 4 is 0 Å². The average molecular weight is 222 g/mol. The van der Waals surface area contributed by atoms with E-state index in [0.29, 0.717) is 5.54 Å². The minimum Gasteiger partial charge on any atom is -0.308 e. The van der Waals surface area contributed by atoms with Crippen molar-refractivity contribution < 1.29 is 4.57 Å². The summed E-state index contributed by atoms with van der Waals surface area (Å²) in [6.45, 7) is 7.98. The summed E-state index contributed by atoms with van der Waals surface area (Å²) in [7, 11) is 0. The van der Waals surface area contributed by atoms with E-state index in [0.717, 1.165) is 13.1 Å². The molecule has 1 fully saturated rings. The molecule has 1 aliphatic rings. The van der Waals surface area contributed by atoms with Crippen molar-refractivity contribution in [2.75, 3.05) is 6.54 Å². The Hall–Kier alpha value is -0.830. The van der Waals surface area contributed by atoms with E-state index in [1.54, 1.807) is 0 Å². The average Bonchev–Trinajstić information content (AvgIpc) is 2.85. The van der Waals surface area contributed by atoms with Gasteiger partial charge in [0.2, 0.25) is 6.33 Å². The monoisotopic (exact) mass is 222 g/mol. The van der Waals surface area contributed by atoms with Gasteiger partial charge in [-0.2, -0.15) is 0 Å². The molecule has 1 aromatic rings. The molecule has 0 unspecified atom stereocenters. The molecule has 0 spiro atoms. The lowest BCUT2D eigenvalue weighted by atomic mass is 10.0. The highest BCUT2D eigenvalue weighted by Crippen LogP contribution is 2.18. The molecule has 0 aromatic carbocycles. The van der Waals surface area contributed by atoms with Crippen LogP contribution in [-0.2, 0) is 13.1 Å². The van der Waals surface area contributed by atoms with Crippen molar-refractivity contribution in [3.05, 3.63) is 18.7 Å². The molecule has 0 radical (unpaired) electrons. The van der Waals surface area contributed by atoms with Crippen molar-refractivity contribution in [3.8, 4) is 0 Å². The largest absolute Gasteiger partial charge is 0.308 e. The van der Waals surface area contributed by atoms with Crippen LogP contribution < -0.4 is 9.88 Å². The highest BCUT2D eigenvalue weighted by Gasteiger charge is 2.30. The van der Waals surface area contributed by atoms with Crippen LogP contribution in [0.3, 0.4) is 0 Å². The quantitative estimate of drug-likeness (QED) is 0.752. The summed E-state index contributed by atoms with van der Waals surface area (Å²) in [5.74, 6) is 0. The van der Waals surface area contributed by atoms with Crippen LogP contribution in [0.2, 0.25) is 0 Å². The standard InChI is InChI=1S/C13H24N3/c1-3-4-8-15-9-10-16(12-15)11-13(2)6-5-7-14-13/h9-10,12,14H,3-8,11H2,1-2H3/q+1/t13-/m0/s1. The van der Waals surface area contributed by atoms with Gasteiger partial charge in [-0.1, -0.05) is 13.3 Å². The molecule has 0 bridgehead atoms. The molecule has 0 aliphatic carbocycles. The van der Waals surface area contributed by atoms with E-state index in [1.165, 1.54) is 32.2 Å². The number of nitrogens with one attached hydrogen (secondary N) is 1. The Morgan fingerprint density at radius 3 is 3.06 bits per heavy atom. The fraction of sp³-hybridized carbons (Fsp3) is 0.769. The number of rotatable bonds is 5. The normalized spacial score (nSPS) is 25.1. The topological polar surface area (TPSA) is 20.8 Å². The van der Waals surface area contributed by atoms with E-state index in [-0.39, 0.29) is 0 Å². The Bertz CT molecular complexity index is 324. The Balaban J connectivity index is 1.91. The third-order valence-electron chi connectivity index (χ3n) is 3.50. The van der Waals surface area contributed by atoms with Gasteiger partial charge in [0.1, 0.15) is 18.9 Å². The maximum Gasteiger partial charge on any atom is 0.243 e. The van der Waals surface area contributed by atoms with Crippen LogP contribution in [0.1, 0.15) is 39.5 Å². The van der Waals surface area contributed by atoms with Crippen molar-refractivity contribution in [2.24, 2.45) is 0 Å². The molecule has 0 amide bonds. The molecule has 1 N–H and O–H groups in total. The van der Waals surface area contributed by atoms with E-state index in [2.05, 4.69) is 47.0 Å². The molecule has 90 valence electrons. The number of hydrogen-bond donors (Lipinski definition) is 1. The molecule has 1 aliphatic heterocycles. The molecule has 1 atom stereocenters. The summed E-state index contributed by atoms with van der Waals surface area (Å²) in [6.07, 6.45) is 11.8. The maximum absolute atomic E-state index is 3.60. The lowest BCUT2D eigenvalue weighted by Gasteiger charge is -2.21. The zero-order valence-electron chi connectivity index (χ0n) is 10.6. The summed E-state index contributed by atoms with van der Waals surface area (Å²) in [5.41, 5.74) is 0.307. The van der Waals surface area contributed by atoms with Crippen LogP contribution >= 0.6 is 0 Å². The maximum atomic E-state index is 3.60. The van der Waals surface area contributed by atoms with Gasteiger partial charge < -0.3 is 5.32 Å². The van der Waals surface area contributed by atoms with Crippen LogP contribution in [0.15, 0.2) is 18.7 Å². The Morgan fingerprint density at radius 1 is 1.50 bits per heavy atom. The van der Waals surface area contributed by atoms with Gasteiger partial charge >= 0.3 is 0 Å². The van der Waals surface area contributed by atoms with Gasteiger partial charge in [0, 0.05) is 0 Å². The molecule has 2 rings (SSSR count). The minimum atomic E-state index is 0.307. The van der Waals surface area contributed by atoms with E-state index >= 15 is 0 Å². The van der Waals surface area contributed by atoms with E-state index in [1.807, 2.05) is 0 Å². The third-order valence-corrected chi connectivity index (χ3v) is 3.50. The molecule has 3 heteroatoms. The summed E-state index contributed by atoms with van der Waals surface area (Å²) in [5, 5.41) is 3.60. The summed E-state index contributed by atoms with van der Waals surface area (Å²) >= 11 is 0. The van der Waals surface area contributed by atoms with E-state index in [9.17, 15) is 0 Å². The van der Waals surface area contributed by atoms with E-state index < -0.39 is 0 Å². The first-order valence-electron chi connectivity index (χ1n) is 6.52. The second-order valence-electron chi connectivity index (χ2n) is 5.27. The number of aryl methyl sites for hydroxylation is 1. The number of aromatic nitrogens is 2. The highest BCUT2D eigenvalue weighted by atomic mass is 15.1. The van der Waals surface area contributed by atoms with Gasteiger partial charge in [-0.15, -0.1) is 0 Å². The molecular weight excluding hydrogens is 198 g/mol. The van der Waals surface area contributed by atoms with Gasteiger partial charge in [-0.25, -0.2) is 9.13 Å². The van der Waals surface area contributed by atoms with Gasteiger partial charge in [0.15, 0.2) is 0 Å². The predicted molar refractivity (Wildman–Crippen MR) is 65.2 cm³/mol. The van der Waals surface area contributed by atoms with Gasteiger partial charge in [0.25, 0.3) is 0 Å². The fourth-order valence-corrected chi connectivity index (χ4v) is 2.50. The number of hydrogen-bond acceptors (Lipinski definition) is 1. The van der Waals surface area contributed by atoms with Crippen LogP contribution in [0.25, 0.3) is 0 Å². The van der Waals surface area contributed by atoms with Crippen LogP contribution in [0, 0.1) is 0 Å². The molecule has 1 saturated heterocycles. The summed E-state index contributed by atoms with van der Waals surface area (Å²) < 4.78 is 4.61. The van der Waals surface area contributed by atoms with Crippen molar-refractivity contribution in [1.29, 1.82) is 0 Å². The first-order chi connectivity index (χ1) is 7.72. The summed E-state index contributed by atoms with van der Waals surface area (Å²) in [6, 6.07) is 0. The Labute approximate surface area is 98.5 Å². The molecule has 1 aromatic heterocycles. The minimum absolute atomic E-state index is 0.307. The third kappa shape index (κ3) is 2.85. The van der Waals surface area contributed by atoms with Gasteiger partial charge in [-0.05, 0) is 32.7 Å². The SMILES string of the molecule is CCCCn1cc[n+](C[C@]2(C)CCCN2)c1. The zero-order chi connectivity index (χ0) is 11.4. The lowest BCUT2D eigenvalue weighted by Crippen LogP contribution is -2.50. The van der Waals surface area contributed by atoms with Crippen molar-refractivity contribution in [1.82, 2.24) is 9.88 Å². The second kappa shape index (κ2) is 5.00. The summed E-state index contributed by atoms with van der Waals surface area (Å²) in [4.78, 5) is 0. The van der Waals surface area contributed by atoms with Crippen molar-refractivity contribution in [3.63, 3.8) is 0 Å². The second-order valence-corrected chi connectivity index (χ2v) is 5.27. The van der Waals surface area contributed by atoms with Gasteiger partial charge in [0.05, 0.1) is 12.1 Å². The molecule has 0 saturated carbocycles. The number of imidazole rings is 1. The fourth-order valence-electron chi connectivity index (χ4n) is 2.50. The lowest BCUT2D eigenvalue weighted by molar-refractivity contribution is -0.703. The Morgan fingerprint density at radius 2 is 2.38 bits per heavy atom. The van der Waals surface area contributed by atoms with Gasteiger partial charge in [-0.3, -0.25) is 0 Å².